The second-order valence-corrected chi connectivity index (χ2v) is 4.23. The van der Waals surface area contributed by atoms with Crippen LogP contribution in [0, 0.1) is 11.6 Å². The third-order valence-corrected chi connectivity index (χ3v) is 2.53. The zero-order chi connectivity index (χ0) is 13.1. The van der Waals surface area contributed by atoms with E-state index in [4.69, 9.17) is 17.3 Å². The van der Waals surface area contributed by atoms with Crippen LogP contribution in [0.2, 0.25) is 0 Å². The van der Waals surface area contributed by atoms with Crippen molar-refractivity contribution in [3.05, 3.63) is 46.1 Å². The number of carboxylic acid groups (broad SMARTS) is 1. The maximum absolute atomic E-state index is 11.1. The third kappa shape index (κ3) is 2.72. The van der Waals surface area contributed by atoms with Crippen molar-refractivity contribution in [2.75, 3.05) is 5.32 Å². The van der Waals surface area contributed by atoms with Crippen LogP contribution in [0.5, 0.6) is 0 Å². The number of anilines is 2. The van der Waals surface area contributed by atoms with Crippen LogP contribution in [-0.4, -0.2) is 21.3 Å². The van der Waals surface area contributed by atoms with E-state index >= 15 is 0 Å². The number of benzene rings is 1. The van der Waals surface area contributed by atoms with Gasteiger partial charge in [0, 0.05) is 5.69 Å². The summed E-state index contributed by atoms with van der Waals surface area (Å²) in [6.45, 7) is 1.95. The number of nitrogens with one attached hydrogen (secondary N) is 2. The molecule has 5 nitrogen and oxygen atoms in total. The normalized spacial score (nSPS) is 10.1. The first-order valence-corrected chi connectivity index (χ1v) is 5.64. The molecule has 0 aliphatic heterocycles. The number of aromatic nitrogens is 2. The summed E-state index contributed by atoms with van der Waals surface area (Å²) < 4.78 is 0.280. The van der Waals surface area contributed by atoms with E-state index in [1.807, 2.05) is 31.2 Å². The molecule has 0 unspecified atom stereocenters. The van der Waals surface area contributed by atoms with Gasteiger partial charge in [-0.25, -0.2) is 4.79 Å². The molecule has 92 valence electrons. The number of aromatic amines is 1. The fraction of sp³-hybridized carbons (Fsp3) is 0.0833. The van der Waals surface area contributed by atoms with Crippen molar-refractivity contribution in [2.45, 2.75) is 6.92 Å². The van der Waals surface area contributed by atoms with Gasteiger partial charge in [0.15, 0.2) is 5.82 Å². The largest absolute Gasteiger partial charge is 0.478 e. The van der Waals surface area contributed by atoms with Gasteiger partial charge in [-0.2, -0.15) is 5.10 Å². The van der Waals surface area contributed by atoms with Crippen LogP contribution in [-0.2, 0) is 0 Å². The van der Waals surface area contributed by atoms with E-state index in [0.717, 1.165) is 11.3 Å². The summed E-state index contributed by atoms with van der Waals surface area (Å²) in [4.78, 5) is 11.1. The average Bonchev–Trinajstić information content (AvgIpc) is 2.31. The molecule has 0 amide bonds. The maximum atomic E-state index is 11.1. The standard InChI is InChI=1S/C12H11N3O2S/c1-7-3-2-4-8(5-7)13-11-9(12(16)17)6-10(18)14-15-11/h2-6H,1H3,(H,13,15)(H,14,18)(H,16,17). The number of rotatable bonds is 3. The Labute approximate surface area is 108 Å². The molecule has 2 rings (SSSR count). The molecule has 0 radical (unpaired) electrons. The third-order valence-electron chi connectivity index (χ3n) is 2.32. The number of H-pyrrole nitrogens is 1. The van der Waals surface area contributed by atoms with Crippen LogP contribution in [0.1, 0.15) is 15.9 Å². The Morgan fingerprint density at radius 3 is 2.89 bits per heavy atom. The van der Waals surface area contributed by atoms with Crippen molar-refractivity contribution in [3.8, 4) is 0 Å². The van der Waals surface area contributed by atoms with Gasteiger partial charge in [0.2, 0.25) is 0 Å². The number of nitrogens with zero attached hydrogens (tertiary/aromatic N) is 1. The minimum Gasteiger partial charge on any atom is -0.478 e. The molecule has 1 heterocycles. The molecular weight excluding hydrogens is 250 g/mol. The molecule has 0 aliphatic rings. The Hall–Kier alpha value is -2.21. The highest BCUT2D eigenvalue weighted by Gasteiger charge is 2.11. The van der Waals surface area contributed by atoms with Crippen LogP contribution >= 0.6 is 12.2 Å². The Bertz CT molecular complexity index is 652. The van der Waals surface area contributed by atoms with Gasteiger partial charge in [-0.3, -0.25) is 5.10 Å². The highest BCUT2D eigenvalue weighted by Crippen LogP contribution is 2.18. The van der Waals surface area contributed by atoms with Crippen molar-refractivity contribution in [1.29, 1.82) is 0 Å². The number of hydrogen-bond donors (Lipinski definition) is 3. The van der Waals surface area contributed by atoms with Crippen LogP contribution in [0.3, 0.4) is 0 Å². The van der Waals surface area contributed by atoms with Gasteiger partial charge < -0.3 is 10.4 Å². The van der Waals surface area contributed by atoms with Gasteiger partial charge in [-0.15, -0.1) is 0 Å². The molecule has 6 heteroatoms. The lowest BCUT2D eigenvalue weighted by atomic mass is 10.2. The summed E-state index contributed by atoms with van der Waals surface area (Å²) >= 11 is 4.85. The summed E-state index contributed by atoms with van der Waals surface area (Å²) in [5, 5.41) is 18.5. The number of aromatic carboxylic acids is 1. The summed E-state index contributed by atoms with van der Waals surface area (Å²) in [6, 6.07) is 8.93. The molecule has 0 atom stereocenters. The van der Waals surface area contributed by atoms with Crippen LogP contribution in [0.25, 0.3) is 0 Å². The molecule has 0 fully saturated rings. The quantitative estimate of drug-likeness (QED) is 0.740. The summed E-state index contributed by atoms with van der Waals surface area (Å²) in [5.41, 5.74) is 1.89. The number of carbonyl (C=O) groups is 1. The molecule has 0 bridgehead atoms. The number of hydrogen-bond acceptors (Lipinski definition) is 4. The first-order chi connectivity index (χ1) is 8.56. The number of carboxylic acids is 1. The van der Waals surface area contributed by atoms with E-state index in [1.165, 1.54) is 6.07 Å². The SMILES string of the molecule is Cc1cccc(Nc2n[nH]c(=S)cc2C(=O)O)c1. The number of aryl methyl sites for hydroxylation is 1. The maximum Gasteiger partial charge on any atom is 0.339 e. The second-order valence-electron chi connectivity index (χ2n) is 3.79. The molecule has 3 N–H and O–H groups in total. The Balaban J connectivity index is 2.40. The molecule has 2 aromatic rings. The van der Waals surface area contributed by atoms with E-state index in [1.54, 1.807) is 0 Å². The van der Waals surface area contributed by atoms with E-state index < -0.39 is 5.97 Å². The van der Waals surface area contributed by atoms with E-state index in [9.17, 15) is 4.79 Å². The zero-order valence-corrected chi connectivity index (χ0v) is 10.4. The average molecular weight is 261 g/mol. The smallest absolute Gasteiger partial charge is 0.339 e. The van der Waals surface area contributed by atoms with Gasteiger partial charge in [0.1, 0.15) is 10.2 Å². The highest BCUT2D eigenvalue weighted by atomic mass is 32.1. The second kappa shape index (κ2) is 4.97. The molecule has 1 aromatic heterocycles. The first kappa shape index (κ1) is 12.3. The summed E-state index contributed by atoms with van der Waals surface area (Å²) in [7, 11) is 0. The van der Waals surface area contributed by atoms with Gasteiger partial charge in [-0.1, -0.05) is 24.4 Å². The molecule has 1 aromatic carbocycles. The Kier molecular flexibility index (Phi) is 3.38. The van der Waals surface area contributed by atoms with Crippen molar-refractivity contribution < 1.29 is 9.90 Å². The lowest BCUT2D eigenvalue weighted by molar-refractivity contribution is 0.0697. The van der Waals surface area contributed by atoms with Crippen molar-refractivity contribution >= 4 is 29.7 Å². The summed E-state index contributed by atoms with van der Waals surface area (Å²) in [6.07, 6.45) is 0. The minimum absolute atomic E-state index is 0.0419. The van der Waals surface area contributed by atoms with E-state index in [0.29, 0.717) is 0 Å². The highest BCUT2D eigenvalue weighted by molar-refractivity contribution is 7.71. The molecule has 0 saturated carbocycles. The lowest BCUT2D eigenvalue weighted by Gasteiger charge is -2.08. The Morgan fingerprint density at radius 2 is 2.22 bits per heavy atom. The van der Waals surface area contributed by atoms with Crippen LogP contribution in [0.15, 0.2) is 30.3 Å². The summed E-state index contributed by atoms with van der Waals surface area (Å²) in [5.74, 6) is -0.834. The Morgan fingerprint density at radius 1 is 1.44 bits per heavy atom. The fourth-order valence-corrected chi connectivity index (χ4v) is 1.68. The van der Waals surface area contributed by atoms with E-state index in [2.05, 4.69) is 15.5 Å². The fourth-order valence-electron chi connectivity index (χ4n) is 1.52. The van der Waals surface area contributed by atoms with Crippen molar-refractivity contribution in [3.63, 3.8) is 0 Å². The molecule has 18 heavy (non-hydrogen) atoms. The van der Waals surface area contributed by atoms with Crippen molar-refractivity contribution in [2.24, 2.45) is 0 Å². The minimum atomic E-state index is -1.07. The van der Waals surface area contributed by atoms with Gasteiger partial charge in [0.25, 0.3) is 0 Å². The monoisotopic (exact) mass is 261 g/mol. The topological polar surface area (TPSA) is 78.0 Å². The van der Waals surface area contributed by atoms with E-state index in [-0.39, 0.29) is 16.0 Å². The van der Waals surface area contributed by atoms with Crippen LogP contribution in [0.4, 0.5) is 11.5 Å². The van der Waals surface area contributed by atoms with Gasteiger partial charge >= 0.3 is 5.97 Å². The molecular formula is C12H11N3O2S. The lowest BCUT2D eigenvalue weighted by Crippen LogP contribution is -2.06. The molecule has 0 aliphatic carbocycles. The predicted octanol–water partition coefficient (Wildman–Crippen LogP) is 2.89. The zero-order valence-electron chi connectivity index (χ0n) is 9.60. The van der Waals surface area contributed by atoms with Crippen LogP contribution < -0.4 is 5.32 Å². The predicted molar refractivity (Wildman–Crippen MR) is 70.8 cm³/mol. The first-order valence-electron chi connectivity index (χ1n) is 5.23. The van der Waals surface area contributed by atoms with Gasteiger partial charge in [-0.05, 0) is 30.7 Å². The van der Waals surface area contributed by atoms with Gasteiger partial charge in [0.05, 0.1) is 0 Å². The molecule has 0 spiro atoms. The van der Waals surface area contributed by atoms with Crippen molar-refractivity contribution in [1.82, 2.24) is 10.2 Å². The molecule has 0 saturated heterocycles.